The molecule has 1 heterocycles. The molecule has 0 aromatic carbocycles. The molecule has 4 heteroatoms. The highest BCUT2D eigenvalue weighted by molar-refractivity contribution is 6.17. The van der Waals surface area contributed by atoms with Crippen LogP contribution < -0.4 is 0 Å². The van der Waals surface area contributed by atoms with Gasteiger partial charge in [0.2, 0.25) is 5.91 Å². The summed E-state index contributed by atoms with van der Waals surface area (Å²) in [6.07, 6.45) is 3.31. The van der Waals surface area contributed by atoms with E-state index in [4.69, 9.17) is 11.6 Å². The summed E-state index contributed by atoms with van der Waals surface area (Å²) in [5, 5.41) is 9.21. The highest BCUT2D eigenvalue weighted by Gasteiger charge is 2.33. The van der Waals surface area contributed by atoms with Crippen LogP contribution in [0.3, 0.4) is 0 Å². The van der Waals surface area contributed by atoms with Crippen molar-refractivity contribution in [1.82, 2.24) is 4.90 Å². The Hall–Kier alpha value is -0.280. The van der Waals surface area contributed by atoms with Gasteiger partial charge in [0.25, 0.3) is 0 Å². The Balaban J connectivity index is 2.38. The SMILES string of the molecule is CC1CCN(C(=O)CCCCCl)C1CO. The fourth-order valence-electron chi connectivity index (χ4n) is 2.11. The van der Waals surface area contributed by atoms with Gasteiger partial charge in [-0.2, -0.15) is 0 Å². The number of likely N-dealkylation sites (tertiary alicyclic amines) is 1. The minimum atomic E-state index is 0.0356. The summed E-state index contributed by atoms with van der Waals surface area (Å²) in [6.45, 7) is 2.97. The normalized spacial score (nSPS) is 25.9. The molecule has 1 N–H and O–H groups in total. The van der Waals surface area contributed by atoms with E-state index in [0.29, 0.717) is 18.2 Å². The van der Waals surface area contributed by atoms with Crippen LogP contribution in [-0.4, -0.2) is 41.0 Å². The number of rotatable bonds is 5. The maximum atomic E-state index is 11.8. The monoisotopic (exact) mass is 233 g/mol. The van der Waals surface area contributed by atoms with E-state index in [2.05, 4.69) is 6.92 Å². The summed E-state index contributed by atoms with van der Waals surface area (Å²) in [7, 11) is 0. The maximum absolute atomic E-state index is 11.8. The van der Waals surface area contributed by atoms with E-state index in [0.717, 1.165) is 25.8 Å². The third-order valence-electron chi connectivity index (χ3n) is 3.16. The van der Waals surface area contributed by atoms with Crippen molar-refractivity contribution in [2.24, 2.45) is 5.92 Å². The number of unbranched alkanes of at least 4 members (excludes halogenated alkanes) is 1. The highest BCUT2D eigenvalue weighted by Crippen LogP contribution is 2.24. The molecule has 0 aromatic rings. The lowest BCUT2D eigenvalue weighted by molar-refractivity contribution is -0.133. The molecule has 1 aliphatic heterocycles. The Morgan fingerprint density at radius 3 is 2.87 bits per heavy atom. The number of aliphatic hydroxyl groups is 1. The Morgan fingerprint density at radius 1 is 1.53 bits per heavy atom. The largest absolute Gasteiger partial charge is 0.394 e. The molecule has 1 amide bonds. The molecule has 1 aliphatic rings. The van der Waals surface area contributed by atoms with Crippen LogP contribution >= 0.6 is 11.6 Å². The van der Waals surface area contributed by atoms with E-state index in [1.807, 2.05) is 4.90 Å². The molecule has 1 saturated heterocycles. The maximum Gasteiger partial charge on any atom is 0.222 e. The van der Waals surface area contributed by atoms with Gasteiger partial charge < -0.3 is 10.0 Å². The third kappa shape index (κ3) is 3.35. The van der Waals surface area contributed by atoms with Gasteiger partial charge in [-0.15, -0.1) is 11.6 Å². The number of carbonyl (C=O) groups is 1. The van der Waals surface area contributed by atoms with Gasteiger partial charge in [0.15, 0.2) is 0 Å². The molecule has 0 bridgehead atoms. The standard InChI is InChI=1S/C11H20ClNO2/c1-9-5-7-13(10(9)8-14)11(15)4-2-3-6-12/h9-10,14H,2-8H2,1H3. The van der Waals surface area contributed by atoms with Crippen molar-refractivity contribution in [3.8, 4) is 0 Å². The van der Waals surface area contributed by atoms with Crippen molar-refractivity contribution in [1.29, 1.82) is 0 Å². The van der Waals surface area contributed by atoms with Gasteiger partial charge in [-0.3, -0.25) is 4.79 Å². The molecule has 1 fully saturated rings. The average Bonchev–Trinajstić information content (AvgIpc) is 2.59. The van der Waals surface area contributed by atoms with Gasteiger partial charge in [0, 0.05) is 18.8 Å². The van der Waals surface area contributed by atoms with E-state index >= 15 is 0 Å². The quantitative estimate of drug-likeness (QED) is 0.579. The number of halogens is 1. The molecule has 0 aliphatic carbocycles. The van der Waals surface area contributed by atoms with Crippen LogP contribution in [0, 0.1) is 5.92 Å². The molecule has 2 unspecified atom stereocenters. The molecule has 0 aromatic heterocycles. The molecular weight excluding hydrogens is 214 g/mol. The zero-order valence-corrected chi connectivity index (χ0v) is 10.0. The van der Waals surface area contributed by atoms with Crippen LogP contribution in [0.4, 0.5) is 0 Å². The number of alkyl halides is 1. The van der Waals surface area contributed by atoms with Crippen molar-refractivity contribution < 1.29 is 9.90 Å². The van der Waals surface area contributed by atoms with Crippen molar-refractivity contribution in [3.05, 3.63) is 0 Å². The Kier molecular flexibility index (Phi) is 5.40. The Labute approximate surface area is 96.4 Å². The first-order valence-electron chi connectivity index (χ1n) is 5.67. The molecular formula is C11H20ClNO2. The molecule has 0 radical (unpaired) electrons. The molecule has 88 valence electrons. The van der Waals surface area contributed by atoms with Crippen molar-refractivity contribution in [2.45, 2.75) is 38.6 Å². The molecule has 0 saturated carbocycles. The molecule has 1 rings (SSSR count). The predicted molar refractivity (Wildman–Crippen MR) is 60.9 cm³/mol. The first-order chi connectivity index (χ1) is 7.20. The van der Waals surface area contributed by atoms with Crippen LogP contribution in [0.25, 0.3) is 0 Å². The van der Waals surface area contributed by atoms with E-state index in [-0.39, 0.29) is 18.6 Å². The fourth-order valence-corrected chi connectivity index (χ4v) is 2.30. The summed E-state index contributed by atoms with van der Waals surface area (Å²) >= 11 is 5.56. The molecule has 2 atom stereocenters. The molecule has 15 heavy (non-hydrogen) atoms. The molecule has 3 nitrogen and oxygen atoms in total. The van der Waals surface area contributed by atoms with E-state index < -0.39 is 0 Å². The number of hydrogen-bond donors (Lipinski definition) is 1. The zero-order valence-electron chi connectivity index (χ0n) is 9.29. The summed E-state index contributed by atoms with van der Waals surface area (Å²) in [5.74, 6) is 1.21. The summed E-state index contributed by atoms with van der Waals surface area (Å²) < 4.78 is 0. The minimum absolute atomic E-state index is 0.0356. The van der Waals surface area contributed by atoms with Gasteiger partial charge in [0.1, 0.15) is 0 Å². The summed E-state index contributed by atoms with van der Waals surface area (Å²) in [4.78, 5) is 13.6. The van der Waals surface area contributed by atoms with Gasteiger partial charge in [-0.1, -0.05) is 6.92 Å². The fraction of sp³-hybridized carbons (Fsp3) is 0.909. The van der Waals surface area contributed by atoms with Crippen LogP contribution in [0.2, 0.25) is 0 Å². The van der Waals surface area contributed by atoms with Gasteiger partial charge in [-0.05, 0) is 25.2 Å². The van der Waals surface area contributed by atoms with Crippen molar-refractivity contribution >= 4 is 17.5 Å². The third-order valence-corrected chi connectivity index (χ3v) is 3.43. The second-order valence-electron chi connectivity index (χ2n) is 4.25. The number of hydrogen-bond acceptors (Lipinski definition) is 2. The van der Waals surface area contributed by atoms with Gasteiger partial charge >= 0.3 is 0 Å². The zero-order chi connectivity index (χ0) is 11.3. The topological polar surface area (TPSA) is 40.5 Å². The second-order valence-corrected chi connectivity index (χ2v) is 4.63. The van der Waals surface area contributed by atoms with Gasteiger partial charge in [0.05, 0.1) is 12.6 Å². The first-order valence-corrected chi connectivity index (χ1v) is 6.20. The van der Waals surface area contributed by atoms with Crippen LogP contribution in [0.5, 0.6) is 0 Å². The van der Waals surface area contributed by atoms with Gasteiger partial charge in [-0.25, -0.2) is 0 Å². The number of carbonyl (C=O) groups excluding carboxylic acids is 1. The lowest BCUT2D eigenvalue weighted by Gasteiger charge is -2.25. The van der Waals surface area contributed by atoms with Crippen LogP contribution in [-0.2, 0) is 4.79 Å². The number of nitrogens with zero attached hydrogens (tertiary/aromatic N) is 1. The van der Waals surface area contributed by atoms with E-state index in [9.17, 15) is 9.90 Å². The minimum Gasteiger partial charge on any atom is -0.394 e. The molecule has 0 spiro atoms. The Bertz CT molecular complexity index is 211. The highest BCUT2D eigenvalue weighted by atomic mass is 35.5. The number of amides is 1. The average molecular weight is 234 g/mol. The smallest absolute Gasteiger partial charge is 0.222 e. The predicted octanol–water partition coefficient (Wildman–Crippen LogP) is 1.62. The van der Waals surface area contributed by atoms with Crippen LogP contribution in [0.15, 0.2) is 0 Å². The lowest BCUT2D eigenvalue weighted by atomic mass is 10.0. The van der Waals surface area contributed by atoms with E-state index in [1.54, 1.807) is 0 Å². The van der Waals surface area contributed by atoms with Crippen LogP contribution in [0.1, 0.15) is 32.6 Å². The summed E-state index contributed by atoms with van der Waals surface area (Å²) in [6, 6.07) is 0.0356. The number of aliphatic hydroxyl groups excluding tert-OH is 1. The second kappa shape index (κ2) is 6.33. The lowest BCUT2D eigenvalue weighted by Crippen LogP contribution is -2.39. The summed E-state index contributed by atoms with van der Waals surface area (Å²) in [5.41, 5.74) is 0. The first kappa shape index (κ1) is 12.8. The van der Waals surface area contributed by atoms with Crippen molar-refractivity contribution in [3.63, 3.8) is 0 Å². The Morgan fingerprint density at radius 2 is 2.27 bits per heavy atom. The van der Waals surface area contributed by atoms with Crippen molar-refractivity contribution in [2.75, 3.05) is 19.0 Å². The van der Waals surface area contributed by atoms with E-state index in [1.165, 1.54) is 0 Å².